The maximum absolute atomic E-state index is 12.9. The van der Waals surface area contributed by atoms with E-state index in [1.54, 1.807) is 0 Å². The van der Waals surface area contributed by atoms with Crippen LogP contribution in [0, 0.1) is 0 Å². The first-order valence-corrected chi connectivity index (χ1v) is 10.3. The molecule has 0 unspecified atom stereocenters. The van der Waals surface area contributed by atoms with Crippen LogP contribution >= 0.6 is 11.6 Å². The molecule has 1 fully saturated rings. The molecule has 1 heterocycles. The SMILES string of the molecule is CN1CC[C@@H](Oc2cc(NS(=O)(=O)c3cccc(C(F)(F)F)c3)ccc2Cl)C1. The minimum atomic E-state index is -4.64. The number of nitrogens with zero attached hydrogens (tertiary/aromatic N) is 1. The number of benzene rings is 2. The lowest BCUT2D eigenvalue weighted by atomic mass is 10.2. The molecule has 1 aliphatic rings. The average molecular weight is 435 g/mol. The first-order chi connectivity index (χ1) is 13.0. The Morgan fingerprint density at radius 2 is 1.96 bits per heavy atom. The molecule has 1 saturated heterocycles. The summed E-state index contributed by atoms with van der Waals surface area (Å²) in [6, 6.07) is 7.85. The smallest absolute Gasteiger partial charge is 0.416 e. The fourth-order valence-electron chi connectivity index (χ4n) is 2.88. The second-order valence-electron chi connectivity index (χ2n) is 6.57. The molecule has 0 spiro atoms. The minimum absolute atomic E-state index is 0.0715. The van der Waals surface area contributed by atoms with Crippen LogP contribution in [0.5, 0.6) is 5.75 Å². The fourth-order valence-corrected chi connectivity index (χ4v) is 4.14. The van der Waals surface area contributed by atoms with Crippen molar-refractivity contribution in [2.75, 3.05) is 24.9 Å². The normalized spacial score (nSPS) is 18.2. The third kappa shape index (κ3) is 4.89. The van der Waals surface area contributed by atoms with Gasteiger partial charge in [-0.3, -0.25) is 4.72 Å². The van der Waals surface area contributed by atoms with Gasteiger partial charge in [0, 0.05) is 19.2 Å². The summed E-state index contributed by atoms with van der Waals surface area (Å²) in [4.78, 5) is 1.61. The standard InChI is InChI=1S/C18H18ClF3N2O3S/c1-24-8-7-14(11-24)27-17-10-13(5-6-16(17)19)23-28(25,26)15-4-2-3-12(9-15)18(20,21)22/h2-6,9-10,14,23H,7-8,11H2,1H3/t14-/m1/s1. The van der Waals surface area contributed by atoms with Gasteiger partial charge in [0.15, 0.2) is 0 Å². The van der Waals surface area contributed by atoms with Gasteiger partial charge in [-0.15, -0.1) is 0 Å². The second kappa shape index (κ2) is 7.81. The first-order valence-electron chi connectivity index (χ1n) is 8.39. The van der Waals surface area contributed by atoms with Gasteiger partial charge in [-0.2, -0.15) is 13.2 Å². The van der Waals surface area contributed by atoms with E-state index < -0.39 is 26.7 Å². The van der Waals surface area contributed by atoms with Gasteiger partial charge in [0.2, 0.25) is 0 Å². The number of hydrogen-bond acceptors (Lipinski definition) is 4. The van der Waals surface area contributed by atoms with Gasteiger partial charge in [0.25, 0.3) is 10.0 Å². The maximum Gasteiger partial charge on any atom is 0.416 e. The molecule has 0 aromatic heterocycles. The average Bonchev–Trinajstić information content (AvgIpc) is 3.02. The van der Waals surface area contributed by atoms with Crippen molar-refractivity contribution < 1.29 is 26.3 Å². The number of alkyl halides is 3. The van der Waals surface area contributed by atoms with Crippen molar-refractivity contribution >= 4 is 27.3 Å². The Morgan fingerprint density at radius 3 is 2.61 bits per heavy atom. The van der Waals surface area contributed by atoms with Crippen LogP contribution in [-0.2, 0) is 16.2 Å². The molecule has 0 amide bonds. The van der Waals surface area contributed by atoms with Gasteiger partial charge in [-0.05, 0) is 43.8 Å². The summed E-state index contributed by atoms with van der Waals surface area (Å²) in [5.41, 5.74) is -0.899. The predicted octanol–water partition coefficient (Wildman–Crippen LogP) is 4.24. The van der Waals surface area contributed by atoms with E-state index in [1.165, 1.54) is 18.2 Å². The summed E-state index contributed by atoms with van der Waals surface area (Å²) < 4.78 is 71.7. The molecular formula is C18H18ClF3N2O3S. The summed E-state index contributed by atoms with van der Waals surface area (Å²) in [6.07, 6.45) is -3.90. The summed E-state index contributed by atoms with van der Waals surface area (Å²) in [6.45, 7) is 1.60. The van der Waals surface area contributed by atoms with Crippen LogP contribution in [0.2, 0.25) is 5.02 Å². The number of nitrogens with one attached hydrogen (secondary N) is 1. The van der Waals surface area contributed by atoms with E-state index in [0.29, 0.717) is 16.8 Å². The largest absolute Gasteiger partial charge is 0.487 e. The molecule has 0 bridgehead atoms. The highest BCUT2D eigenvalue weighted by atomic mass is 35.5. The zero-order valence-electron chi connectivity index (χ0n) is 14.8. The summed E-state index contributed by atoms with van der Waals surface area (Å²) >= 11 is 6.13. The number of halogens is 4. The molecule has 5 nitrogen and oxygen atoms in total. The van der Waals surface area contributed by atoms with Crippen LogP contribution in [0.4, 0.5) is 18.9 Å². The highest BCUT2D eigenvalue weighted by Crippen LogP contribution is 2.33. The molecule has 0 saturated carbocycles. The van der Waals surface area contributed by atoms with Gasteiger partial charge >= 0.3 is 6.18 Å². The van der Waals surface area contributed by atoms with Crippen LogP contribution in [0.15, 0.2) is 47.4 Å². The molecule has 28 heavy (non-hydrogen) atoms. The molecule has 0 radical (unpaired) electrons. The molecule has 1 aliphatic heterocycles. The van der Waals surface area contributed by atoms with Crippen LogP contribution in [0.25, 0.3) is 0 Å². The van der Waals surface area contributed by atoms with Crippen LogP contribution in [0.1, 0.15) is 12.0 Å². The third-order valence-corrected chi connectivity index (χ3v) is 5.99. The Kier molecular flexibility index (Phi) is 5.79. The van der Waals surface area contributed by atoms with Crippen LogP contribution in [0.3, 0.4) is 0 Å². The van der Waals surface area contributed by atoms with Gasteiger partial charge < -0.3 is 9.64 Å². The van der Waals surface area contributed by atoms with Gasteiger partial charge in [0.1, 0.15) is 11.9 Å². The molecule has 0 aliphatic carbocycles. The summed E-state index contributed by atoms with van der Waals surface area (Å²) in [5, 5.41) is 0.316. The summed E-state index contributed by atoms with van der Waals surface area (Å²) in [5.74, 6) is 0.311. The van der Waals surface area contributed by atoms with E-state index >= 15 is 0 Å². The highest BCUT2D eigenvalue weighted by molar-refractivity contribution is 7.92. The van der Waals surface area contributed by atoms with Crippen molar-refractivity contribution in [1.29, 1.82) is 0 Å². The number of sulfonamides is 1. The number of likely N-dealkylation sites (N-methyl/N-ethyl adjacent to an activating group) is 1. The Hall–Kier alpha value is -1.97. The lowest BCUT2D eigenvalue weighted by Crippen LogP contribution is -2.21. The van der Waals surface area contributed by atoms with E-state index in [9.17, 15) is 21.6 Å². The van der Waals surface area contributed by atoms with Crippen molar-refractivity contribution in [1.82, 2.24) is 4.90 Å². The first kappa shape index (κ1) is 20.8. The fraction of sp³-hybridized carbons (Fsp3) is 0.333. The number of hydrogen-bond donors (Lipinski definition) is 1. The maximum atomic E-state index is 12.9. The lowest BCUT2D eigenvalue weighted by Gasteiger charge is -2.16. The molecule has 152 valence electrons. The minimum Gasteiger partial charge on any atom is -0.487 e. The van der Waals surface area contributed by atoms with E-state index in [0.717, 1.165) is 37.7 Å². The van der Waals surface area contributed by atoms with E-state index in [4.69, 9.17) is 16.3 Å². The highest BCUT2D eigenvalue weighted by Gasteiger charge is 2.31. The zero-order valence-corrected chi connectivity index (χ0v) is 16.4. The number of ether oxygens (including phenoxy) is 1. The van der Waals surface area contributed by atoms with Crippen LogP contribution in [-0.4, -0.2) is 39.6 Å². The van der Waals surface area contributed by atoms with E-state index in [1.807, 2.05) is 7.05 Å². The molecule has 2 aromatic carbocycles. The van der Waals surface area contributed by atoms with Crippen molar-refractivity contribution in [3.05, 3.63) is 53.1 Å². The summed E-state index contributed by atoms with van der Waals surface area (Å²) in [7, 11) is -2.26. The molecular weight excluding hydrogens is 417 g/mol. The molecule has 3 rings (SSSR count). The molecule has 1 atom stereocenters. The molecule has 10 heteroatoms. The van der Waals surface area contributed by atoms with Crippen molar-refractivity contribution in [3.8, 4) is 5.75 Å². The Morgan fingerprint density at radius 1 is 1.21 bits per heavy atom. The Bertz CT molecular complexity index is 967. The molecule has 1 N–H and O–H groups in total. The van der Waals surface area contributed by atoms with E-state index in [2.05, 4.69) is 9.62 Å². The number of anilines is 1. The Labute approximate surface area is 166 Å². The lowest BCUT2D eigenvalue weighted by molar-refractivity contribution is -0.137. The van der Waals surface area contributed by atoms with Crippen molar-refractivity contribution in [2.45, 2.75) is 23.6 Å². The van der Waals surface area contributed by atoms with Gasteiger partial charge in [-0.1, -0.05) is 17.7 Å². The monoisotopic (exact) mass is 434 g/mol. The van der Waals surface area contributed by atoms with E-state index in [-0.39, 0.29) is 11.8 Å². The van der Waals surface area contributed by atoms with Gasteiger partial charge in [-0.25, -0.2) is 8.42 Å². The van der Waals surface area contributed by atoms with Crippen molar-refractivity contribution in [2.24, 2.45) is 0 Å². The Balaban J connectivity index is 1.82. The van der Waals surface area contributed by atoms with Crippen molar-refractivity contribution in [3.63, 3.8) is 0 Å². The third-order valence-electron chi connectivity index (χ3n) is 4.30. The second-order valence-corrected chi connectivity index (χ2v) is 8.66. The zero-order chi connectivity index (χ0) is 20.5. The topological polar surface area (TPSA) is 58.6 Å². The van der Waals surface area contributed by atoms with Gasteiger partial charge in [0.05, 0.1) is 21.2 Å². The van der Waals surface area contributed by atoms with Crippen LogP contribution < -0.4 is 9.46 Å². The number of rotatable bonds is 5. The molecule has 2 aromatic rings. The quantitative estimate of drug-likeness (QED) is 0.764. The predicted molar refractivity (Wildman–Crippen MR) is 100 cm³/mol. The number of likely N-dealkylation sites (tertiary alicyclic amines) is 1.